The zero-order chi connectivity index (χ0) is 24.8. The molecular weight excluding hydrogens is 456 g/mol. The van der Waals surface area contributed by atoms with E-state index < -0.39 is 15.9 Å². The van der Waals surface area contributed by atoms with Crippen LogP contribution in [0.25, 0.3) is 0 Å². The van der Waals surface area contributed by atoms with E-state index in [9.17, 15) is 13.2 Å². The van der Waals surface area contributed by atoms with Crippen molar-refractivity contribution in [1.82, 2.24) is 33.6 Å². The minimum Gasteiger partial charge on any atom is -0.323 e. The predicted molar refractivity (Wildman–Crippen MR) is 127 cm³/mol. The van der Waals surface area contributed by atoms with Crippen molar-refractivity contribution in [2.45, 2.75) is 59.0 Å². The van der Waals surface area contributed by atoms with E-state index in [-0.39, 0.29) is 17.3 Å². The normalized spacial score (nSPS) is 17.3. The molecule has 0 aromatic carbocycles. The number of carbonyl (C=O) groups is 1. The molecule has 1 aliphatic rings. The van der Waals surface area contributed by atoms with Gasteiger partial charge in [0, 0.05) is 25.8 Å². The third-order valence-electron chi connectivity index (χ3n) is 6.56. The molecule has 0 bridgehead atoms. The molecule has 1 N–H and O–H groups in total. The van der Waals surface area contributed by atoms with Crippen LogP contribution in [0.5, 0.6) is 0 Å². The Morgan fingerprint density at radius 2 is 1.85 bits per heavy atom. The molecule has 4 heterocycles. The van der Waals surface area contributed by atoms with Gasteiger partial charge in [0.2, 0.25) is 15.9 Å². The van der Waals surface area contributed by atoms with Crippen LogP contribution in [-0.4, -0.2) is 61.1 Å². The van der Waals surface area contributed by atoms with Crippen LogP contribution in [0.3, 0.4) is 0 Å². The second-order valence-electron chi connectivity index (χ2n) is 9.02. The Bertz CT molecular complexity index is 1330. The van der Waals surface area contributed by atoms with Crippen LogP contribution >= 0.6 is 0 Å². The first-order chi connectivity index (χ1) is 16.0. The third kappa shape index (κ3) is 4.39. The summed E-state index contributed by atoms with van der Waals surface area (Å²) < 4.78 is 33.0. The summed E-state index contributed by atoms with van der Waals surface area (Å²) in [5, 5.41) is 16.1. The number of sulfonamides is 1. The third-order valence-corrected chi connectivity index (χ3v) is 8.53. The van der Waals surface area contributed by atoms with Crippen molar-refractivity contribution in [3.05, 3.63) is 40.7 Å². The molecule has 3 aromatic rings. The van der Waals surface area contributed by atoms with E-state index in [1.807, 2.05) is 43.1 Å². The summed E-state index contributed by atoms with van der Waals surface area (Å²) in [5.41, 5.74) is 4.74. The number of nitrogens with one attached hydrogen (secondary N) is 1. The van der Waals surface area contributed by atoms with E-state index >= 15 is 0 Å². The maximum Gasteiger partial charge on any atom is 0.246 e. The predicted octanol–water partition coefficient (Wildman–Crippen LogP) is 1.90. The number of hydrogen-bond acceptors (Lipinski definition) is 6. The van der Waals surface area contributed by atoms with Crippen molar-refractivity contribution in [3.63, 3.8) is 0 Å². The van der Waals surface area contributed by atoms with Gasteiger partial charge in [0.15, 0.2) is 0 Å². The molecule has 1 atom stereocenters. The van der Waals surface area contributed by atoms with Gasteiger partial charge in [-0.05, 0) is 53.5 Å². The fraction of sp³-hybridized carbons (Fsp3) is 0.545. The molecule has 0 aliphatic carbocycles. The molecule has 1 aliphatic heterocycles. The van der Waals surface area contributed by atoms with Gasteiger partial charge in [-0.25, -0.2) is 17.8 Å². The molecule has 184 valence electrons. The molecule has 1 fully saturated rings. The minimum atomic E-state index is -3.72. The van der Waals surface area contributed by atoms with Crippen molar-refractivity contribution in [3.8, 4) is 0 Å². The van der Waals surface area contributed by atoms with Crippen LogP contribution in [0.2, 0.25) is 0 Å². The lowest BCUT2D eigenvalue weighted by Crippen LogP contribution is -2.43. The van der Waals surface area contributed by atoms with Crippen molar-refractivity contribution in [2.24, 2.45) is 13.0 Å². The minimum absolute atomic E-state index is 0.139. The first-order valence-electron chi connectivity index (χ1n) is 11.3. The topological polar surface area (TPSA) is 120 Å². The number of carbonyl (C=O) groups excluding carboxylic acids is 1. The van der Waals surface area contributed by atoms with Gasteiger partial charge in [0.05, 0.1) is 40.6 Å². The second kappa shape index (κ2) is 8.99. The Balaban J connectivity index is 1.49. The van der Waals surface area contributed by atoms with Crippen LogP contribution in [-0.2, 0) is 28.5 Å². The zero-order valence-corrected chi connectivity index (χ0v) is 21.3. The molecule has 34 heavy (non-hydrogen) atoms. The van der Waals surface area contributed by atoms with Crippen LogP contribution < -0.4 is 5.32 Å². The van der Waals surface area contributed by atoms with Crippen molar-refractivity contribution in [2.75, 3.05) is 18.4 Å². The average Bonchev–Trinajstić information content (AvgIpc) is 3.39. The fourth-order valence-corrected chi connectivity index (χ4v) is 6.14. The van der Waals surface area contributed by atoms with Crippen molar-refractivity contribution < 1.29 is 13.2 Å². The Labute approximate surface area is 199 Å². The van der Waals surface area contributed by atoms with Gasteiger partial charge in [-0.2, -0.15) is 19.6 Å². The molecule has 12 heteroatoms. The number of anilines is 1. The quantitative estimate of drug-likeness (QED) is 0.566. The molecule has 1 amide bonds. The molecule has 0 spiro atoms. The van der Waals surface area contributed by atoms with Crippen LogP contribution in [0.4, 0.5) is 5.69 Å². The lowest BCUT2D eigenvalue weighted by atomic mass is 9.98. The summed E-state index contributed by atoms with van der Waals surface area (Å²) in [5.74, 6) is -0.640. The van der Waals surface area contributed by atoms with Gasteiger partial charge in [-0.15, -0.1) is 0 Å². The molecule has 0 radical (unpaired) electrons. The van der Waals surface area contributed by atoms with Crippen LogP contribution in [0, 0.1) is 40.5 Å². The van der Waals surface area contributed by atoms with E-state index in [0.29, 0.717) is 43.1 Å². The molecule has 4 rings (SSSR count). The molecule has 11 nitrogen and oxygen atoms in total. The summed E-state index contributed by atoms with van der Waals surface area (Å²) in [6.45, 7) is 10.4. The van der Waals surface area contributed by atoms with Crippen LogP contribution in [0.15, 0.2) is 17.2 Å². The highest BCUT2D eigenvalue weighted by Crippen LogP contribution is 2.27. The van der Waals surface area contributed by atoms with Crippen LogP contribution in [0.1, 0.15) is 41.3 Å². The maximum atomic E-state index is 13.2. The van der Waals surface area contributed by atoms with Gasteiger partial charge in [0.25, 0.3) is 0 Å². The van der Waals surface area contributed by atoms with Gasteiger partial charge in [0.1, 0.15) is 11.6 Å². The Hall–Kier alpha value is -2.99. The number of amides is 1. The number of aromatic nitrogens is 6. The van der Waals surface area contributed by atoms with Gasteiger partial charge in [-0.1, -0.05) is 0 Å². The molecule has 0 saturated carbocycles. The van der Waals surface area contributed by atoms with E-state index in [2.05, 4.69) is 20.6 Å². The first-order valence-corrected chi connectivity index (χ1v) is 12.8. The highest BCUT2D eigenvalue weighted by Gasteiger charge is 2.35. The Morgan fingerprint density at radius 3 is 2.47 bits per heavy atom. The maximum absolute atomic E-state index is 13.2. The largest absolute Gasteiger partial charge is 0.323 e. The Kier molecular flexibility index (Phi) is 6.38. The highest BCUT2D eigenvalue weighted by molar-refractivity contribution is 7.89. The summed E-state index contributed by atoms with van der Waals surface area (Å²) in [4.78, 5) is 13.4. The summed E-state index contributed by atoms with van der Waals surface area (Å²) in [6.07, 6.45) is 2.62. The molecule has 3 aromatic heterocycles. The number of aryl methyl sites for hydroxylation is 4. The number of piperidine rings is 1. The summed E-state index contributed by atoms with van der Waals surface area (Å²) in [6, 6.07) is 2.00. The second-order valence-corrected chi connectivity index (χ2v) is 10.9. The number of hydrogen-bond donors (Lipinski definition) is 1. The zero-order valence-electron chi connectivity index (χ0n) is 20.5. The van der Waals surface area contributed by atoms with E-state index in [4.69, 9.17) is 0 Å². The lowest BCUT2D eigenvalue weighted by molar-refractivity contribution is -0.120. The first kappa shape index (κ1) is 24.1. The average molecular weight is 489 g/mol. The molecular formula is C22H32N8O3S. The van der Waals surface area contributed by atoms with Gasteiger partial charge < -0.3 is 5.32 Å². The number of nitrogens with zero attached hydrogens (tertiary/aromatic N) is 7. The van der Waals surface area contributed by atoms with Gasteiger partial charge in [-0.3, -0.25) is 9.48 Å². The van der Waals surface area contributed by atoms with Crippen molar-refractivity contribution >= 4 is 21.6 Å². The van der Waals surface area contributed by atoms with E-state index in [1.165, 1.54) is 15.2 Å². The van der Waals surface area contributed by atoms with E-state index in [0.717, 1.165) is 17.1 Å². The highest BCUT2D eigenvalue weighted by atomic mass is 32.2. The standard InChI is InChI=1S/C22H32N8O3S/c1-14-10-15(2)29(25-14)13-30-18(5)21(16(3)26-30)24-22(31)19-8-7-9-28(12-19)34(32,33)20-11-23-27(6)17(20)4/h10-11,19H,7-9,12-13H2,1-6H3,(H,24,31)/t19-/m1/s1. The summed E-state index contributed by atoms with van der Waals surface area (Å²) in [7, 11) is -2.01. The SMILES string of the molecule is Cc1cc(C)n(Cn2nc(C)c(NC(=O)[C@@H]3CCCN(S(=O)(=O)c4cnn(C)c4C)C3)c2C)n1. The summed E-state index contributed by atoms with van der Waals surface area (Å²) >= 11 is 0. The smallest absolute Gasteiger partial charge is 0.246 e. The van der Waals surface area contributed by atoms with Crippen molar-refractivity contribution in [1.29, 1.82) is 0 Å². The molecule has 1 saturated heterocycles. The number of rotatable bonds is 6. The Morgan fingerprint density at radius 1 is 1.12 bits per heavy atom. The monoisotopic (exact) mass is 488 g/mol. The fourth-order valence-electron chi connectivity index (χ4n) is 4.43. The van der Waals surface area contributed by atoms with Gasteiger partial charge >= 0.3 is 0 Å². The molecule has 0 unspecified atom stereocenters. The lowest BCUT2D eigenvalue weighted by Gasteiger charge is -2.31. The van der Waals surface area contributed by atoms with E-state index in [1.54, 1.807) is 14.0 Å².